The number of nitrogens with one attached hydrogen (secondary N) is 1. The number of methoxy groups -OCH3 is 1. The van der Waals surface area contributed by atoms with E-state index in [-0.39, 0.29) is 0 Å². The third-order valence-electron chi connectivity index (χ3n) is 4.99. The van der Waals surface area contributed by atoms with Crippen LogP contribution in [-0.2, 0) is 6.42 Å². The summed E-state index contributed by atoms with van der Waals surface area (Å²) in [5, 5.41) is 3.63. The van der Waals surface area contributed by atoms with Crippen LogP contribution in [0.2, 0.25) is 0 Å². The number of benzene rings is 1. The topological polar surface area (TPSA) is 24.5 Å². The van der Waals surface area contributed by atoms with Gasteiger partial charge in [-0.3, -0.25) is 4.90 Å². The van der Waals surface area contributed by atoms with E-state index in [1.807, 2.05) is 6.07 Å². The molecule has 3 unspecified atom stereocenters. The van der Waals surface area contributed by atoms with Gasteiger partial charge < -0.3 is 10.1 Å². The zero-order valence-corrected chi connectivity index (χ0v) is 13.9. The Morgan fingerprint density at radius 1 is 1.33 bits per heavy atom. The lowest BCUT2D eigenvalue weighted by molar-refractivity contribution is 0.0867. The predicted molar refractivity (Wildman–Crippen MR) is 89.0 cm³/mol. The van der Waals surface area contributed by atoms with E-state index >= 15 is 0 Å². The van der Waals surface area contributed by atoms with Gasteiger partial charge in [0.1, 0.15) is 5.75 Å². The van der Waals surface area contributed by atoms with E-state index in [2.05, 4.69) is 49.2 Å². The molecule has 0 radical (unpaired) electrons. The van der Waals surface area contributed by atoms with Gasteiger partial charge in [0.2, 0.25) is 0 Å². The lowest BCUT2D eigenvalue weighted by Gasteiger charge is -2.43. The van der Waals surface area contributed by atoms with E-state index in [1.165, 1.54) is 18.5 Å². The largest absolute Gasteiger partial charge is 0.497 e. The Morgan fingerprint density at radius 2 is 2.14 bits per heavy atom. The number of piperidine rings is 1. The molecule has 0 spiro atoms. The van der Waals surface area contributed by atoms with E-state index in [0.29, 0.717) is 18.0 Å². The van der Waals surface area contributed by atoms with Crippen molar-refractivity contribution in [2.75, 3.05) is 26.7 Å². The third kappa shape index (κ3) is 4.21. The molecule has 1 aromatic rings. The van der Waals surface area contributed by atoms with Crippen LogP contribution in [0.1, 0.15) is 32.8 Å². The Balaban J connectivity index is 1.88. The first kappa shape index (κ1) is 16.3. The van der Waals surface area contributed by atoms with Crippen molar-refractivity contribution >= 4 is 0 Å². The number of likely N-dealkylation sites (tertiary alicyclic amines) is 1. The van der Waals surface area contributed by atoms with Crippen molar-refractivity contribution in [2.24, 2.45) is 5.92 Å². The molecule has 0 amide bonds. The molecule has 118 valence electrons. The van der Waals surface area contributed by atoms with Crippen LogP contribution in [-0.4, -0.2) is 43.7 Å². The quantitative estimate of drug-likeness (QED) is 0.872. The molecule has 21 heavy (non-hydrogen) atoms. The molecule has 3 atom stereocenters. The highest BCUT2D eigenvalue weighted by Crippen LogP contribution is 2.24. The van der Waals surface area contributed by atoms with Crippen molar-refractivity contribution in [3.63, 3.8) is 0 Å². The van der Waals surface area contributed by atoms with Gasteiger partial charge in [-0.1, -0.05) is 26.0 Å². The maximum absolute atomic E-state index is 5.30. The van der Waals surface area contributed by atoms with Gasteiger partial charge in [0.15, 0.2) is 0 Å². The van der Waals surface area contributed by atoms with Crippen molar-refractivity contribution in [3.8, 4) is 5.75 Å². The molecule has 1 heterocycles. The summed E-state index contributed by atoms with van der Waals surface area (Å²) in [6.45, 7) is 10.4. The molecule has 0 bridgehead atoms. The van der Waals surface area contributed by atoms with Crippen LogP contribution in [0.5, 0.6) is 5.75 Å². The minimum Gasteiger partial charge on any atom is -0.497 e. The highest BCUT2D eigenvalue weighted by atomic mass is 16.5. The fraction of sp³-hybridized carbons (Fsp3) is 0.667. The van der Waals surface area contributed by atoms with E-state index < -0.39 is 0 Å². The second-order valence-corrected chi connectivity index (χ2v) is 6.19. The van der Waals surface area contributed by atoms with Crippen LogP contribution in [0.4, 0.5) is 0 Å². The zero-order valence-electron chi connectivity index (χ0n) is 13.9. The fourth-order valence-electron chi connectivity index (χ4n) is 3.41. The van der Waals surface area contributed by atoms with Crippen molar-refractivity contribution in [2.45, 2.75) is 45.7 Å². The minimum absolute atomic E-state index is 0.647. The Bertz CT molecular complexity index is 435. The summed E-state index contributed by atoms with van der Waals surface area (Å²) in [4.78, 5) is 2.64. The van der Waals surface area contributed by atoms with Gasteiger partial charge >= 0.3 is 0 Å². The third-order valence-corrected chi connectivity index (χ3v) is 4.99. The molecule has 1 aliphatic rings. The SMILES string of the molecule is CCNC1CCN(CCc2cccc(OC)c2)C(C)C1C. The first-order valence-electron chi connectivity index (χ1n) is 8.26. The molecule has 3 heteroatoms. The number of ether oxygens (including phenoxy) is 1. The Kier molecular flexibility index (Phi) is 6.07. The average molecular weight is 290 g/mol. The maximum Gasteiger partial charge on any atom is 0.119 e. The predicted octanol–water partition coefficient (Wildman–Crippen LogP) is 2.95. The summed E-state index contributed by atoms with van der Waals surface area (Å²) < 4.78 is 5.30. The second-order valence-electron chi connectivity index (χ2n) is 6.19. The number of hydrogen-bond donors (Lipinski definition) is 1. The van der Waals surface area contributed by atoms with Crippen molar-refractivity contribution < 1.29 is 4.74 Å². The number of nitrogens with zero attached hydrogens (tertiary/aromatic N) is 1. The summed E-state index contributed by atoms with van der Waals surface area (Å²) in [6, 6.07) is 9.77. The lowest BCUT2D eigenvalue weighted by Crippen LogP contribution is -2.53. The smallest absolute Gasteiger partial charge is 0.119 e. The normalized spacial score (nSPS) is 26.8. The van der Waals surface area contributed by atoms with Crippen LogP contribution in [0.15, 0.2) is 24.3 Å². The van der Waals surface area contributed by atoms with Crippen LogP contribution in [0.25, 0.3) is 0 Å². The molecule has 1 N–H and O–H groups in total. The molecule has 0 saturated carbocycles. The van der Waals surface area contributed by atoms with Gasteiger partial charge in [-0.2, -0.15) is 0 Å². The Labute approximate surface area is 129 Å². The minimum atomic E-state index is 0.647. The van der Waals surface area contributed by atoms with E-state index in [4.69, 9.17) is 4.74 Å². The molecule has 0 aliphatic carbocycles. The maximum atomic E-state index is 5.30. The number of hydrogen-bond acceptors (Lipinski definition) is 3. The van der Waals surface area contributed by atoms with E-state index in [0.717, 1.165) is 25.3 Å². The molecule has 0 aromatic heterocycles. The summed E-state index contributed by atoms with van der Waals surface area (Å²) in [5.74, 6) is 1.67. The Hall–Kier alpha value is -1.06. The van der Waals surface area contributed by atoms with E-state index in [9.17, 15) is 0 Å². The van der Waals surface area contributed by atoms with Gasteiger partial charge in [-0.15, -0.1) is 0 Å². The molecular formula is C18H30N2O. The van der Waals surface area contributed by atoms with E-state index in [1.54, 1.807) is 7.11 Å². The average Bonchev–Trinajstić information content (AvgIpc) is 2.51. The molecule has 1 aromatic carbocycles. The molecule has 1 aliphatic heterocycles. The van der Waals surface area contributed by atoms with Gasteiger partial charge in [-0.05, 0) is 56.5 Å². The fourth-order valence-corrected chi connectivity index (χ4v) is 3.41. The first-order valence-corrected chi connectivity index (χ1v) is 8.26. The van der Waals surface area contributed by atoms with Gasteiger partial charge in [0, 0.05) is 18.6 Å². The number of rotatable bonds is 6. The van der Waals surface area contributed by atoms with Crippen molar-refractivity contribution in [1.82, 2.24) is 10.2 Å². The summed E-state index contributed by atoms with van der Waals surface area (Å²) in [7, 11) is 1.73. The van der Waals surface area contributed by atoms with Gasteiger partial charge in [0.25, 0.3) is 0 Å². The van der Waals surface area contributed by atoms with Gasteiger partial charge in [-0.25, -0.2) is 0 Å². The molecule has 2 rings (SSSR count). The monoisotopic (exact) mass is 290 g/mol. The standard InChI is InChI=1S/C18H30N2O/c1-5-19-18-10-12-20(15(3)14(18)2)11-9-16-7-6-8-17(13-16)21-4/h6-8,13-15,18-19H,5,9-12H2,1-4H3. The summed E-state index contributed by atoms with van der Waals surface area (Å²) >= 11 is 0. The Morgan fingerprint density at radius 3 is 2.86 bits per heavy atom. The second kappa shape index (κ2) is 7.81. The van der Waals surface area contributed by atoms with Crippen LogP contribution in [0, 0.1) is 5.92 Å². The van der Waals surface area contributed by atoms with Crippen LogP contribution >= 0.6 is 0 Å². The summed E-state index contributed by atoms with van der Waals surface area (Å²) in [6.07, 6.45) is 2.36. The van der Waals surface area contributed by atoms with Crippen LogP contribution in [0.3, 0.4) is 0 Å². The summed E-state index contributed by atoms with van der Waals surface area (Å²) in [5.41, 5.74) is 1.36. The van der Waals surface area contributed by atoms with Gasteiger partial charge in [0.05, 0.1) is 7.11 Å². The highest BCUT2D eigenvalue weighted by Gasteiger charge is 2.31. The molecular weight excluding hydrogens is 260 g/mol. The molecule has 3 nitrogen and oxygen atoms in total. The first-order chi connectivity index (χ1) is 10.2. The molecule has 1 fully saturated rings. The zero-order chi connectivity index (χ0) is 15.2. The van der Waals surface area contributed by atoms with Crippen molar-refractivity contribution in [1.29, 1.82) is 0 Å². The lowest BCUT2D eigenvalue weighted by atomic mass is 9.86. The van der Waals surface area contributed by atoms with Crippen molar-refractivity contribution in [3.05, 3.63) is 29.8 Å². The highest BCUT2D eigenvalue weighted by molar-refractivity contribution is 5.28. The van der Waals surface area contributed by atoms with Crippen LogP contribution < -0.4 is 10.1 Å². The molecule has 1 saturated heterocycles.